The highest BCUT2D eigenvalue weighted by atomic mass is 19.1. The minimum Gasteiger partial charge on any atom is -0.494 e. The van der Waals surface area contributed by atoms with Gasteiger partial charge in [0.15, 0.2) is 23.1 Å². The van der Waals surface area contributed by atoms with Crippen molar-refractivity contribution in [1.29, 1.82) is 0 Å². The van der Waals surface area contributed by atoms with Crippen LogP contribution in [0.5, 0.6) is 34.5 Å². The van der Waals surface area contributed by atoms with E-state index in [-0.39, 0.29) is 45.3 Å². The van der Waals surface area contributed by atoms with Crippen molar-refractivity contribution in [2.24, 2.45) is 0 Å². The number of benzene rings is 7. The highest BCUT2D eigenvalue weighted by Gasteiger charge is 2.20. The average Bonchev–Trinajstić information content (AvgIpc) is 3.45. The number of carbonyl (C=O) groups is 4. The molecule has 0 N–H and O–H groups in total. The maximum absolute atomic E-state index is 15.3. The Hall–Kier alpha value is -7.60. The molecule has 0 heterocycles. The van der Waals surface area contributed by atoms with Gasteiger partial charge in [0.1, 0.15) is 23.0 Å². The Morgan fingerprint density at radius 1 is 0.321 bits per heavy atom. The molecule has 78 heavy (non-hydrogen) atoms. The van der Waals surface area contributed by atoms with Gasteiger partial charge in [-0.05, 0) is 131 Å². The first-order valence-electron chi connectivity index (χ1n) is 28.0. The highest BCUT2D eigenvalue weighted by molar-refractivity contribution is 5.98. The molecule has 7 rings (SSSR count). The van der Waals surface area contributed by atoms with Crippen molar-refractivity contribution in [3.63, 3.8) is 0 Å². The molecule has 0 amide bonds. The Labute approximate surface area is 457 Å². The van der Waals surface area contributed by atoms with Crippen LogP contribution in [0, 0.1) is 11.6 Å². The summed E-state index contributed by atoms with van der Waals surface area (Å²) in [7, 11) is 0. The number of unbranched alkanes of at least 4 members (excludes halogenated alkanes) is 18. The molecule has 0 bridgehead atoms. The second-order valence-electron chi connectivity index (χ2n) is 19.8. The van der Waals surface area contributed by atoms with Crippen LogP contribution in [-0.4, -0.2) is 37.1 Å². The highest BCUT2D eigenvalue weighted by Crippen LogP contribution is 2.29. The van der Waals surface area contributed by atoms with Crippen LogP contribution in [0.25, 0.3) is 21.5 Å². The summed E-state index contributed by atoms with van der Waals surface area (Å²) >= 11 is 0. The summed E-state index contributed by atoms with van der Waals surface area (Å²) in [6.07, 6.45) is 25.0. The van der Waals surface area contributed by atoms with Crippen LogP contribution >= 0.6 is 0 Å². The largest absolute Gasteiger partial charge is 0.494 e. The van der Waals surface area contributed by atoms with Crippen molar-refractivity contribution in [2.75, 3.05) is 13.2 Å². The van der Waals surface area contributed by atoms with Gasteiger partial charge < -0.3 is 28.4 Å². The van der Waals surface area contributed by atoms with Gasteiger partial charge in [-0.2, -0.15) is 0 Å². The zero-order valence-corrected chi connectivity index (χ0v) is 45.1. The van der Waals surface area contributed by atoms with E-state index in [0.29, 0.717) is 13.2 Å². The fourth-order valence-corrected chi connectivity index (χ4v) is 9.11. The first kappa shape index (κ1) is 58.1. The van der Waals surface area contributed by atoms with E-state index < -0.39 is 35.5 Å². The summed E-state index contributed by atoms with van der Waals surface area (Å²) in [5, 5.41) is 3.31. The van der Waals surface area contributed by atoms with Crippen molar-refractivity contribution in [2.45, 2.75) is 142 Å². The van der Waals surface area contributed by atoms with Crippen LogP contribution in [0.15, 0.2) is 133 Å². The molecule has 7 aromatic carbocycles. The van der Waals surface area contributed by atoms with E-state index in [1.807, 2.05) is 36.4 Å². The van der Waals surface area contributed by atoms with Gasteiger partial charge in [-0.25, -0.2) is 28.0 Å². The predicted molar refractivity (Wildman–Crippen MR) is 302 cm³/mol. The van der Waals surface area contributed by atoms with Crippen molar-refractivity contribution >= 4 is 45.4 Å². The van der Waals surface area contributed by atoms with Crippen LogP contribution in [0.1, 0.15) is 184 Å². The molecule has 7 aromatic rings. The zero-order valence-electron chi connectivity index (χ0n) is 45.1. The van der Waals surface area contributed by atoms with E-state index in [4.69, 9.17) is 28.4 Å². The summed E-state index contributed by atoms with van der Waals surface area (Å²) in [6.45, 7) is 5.74. The lowest BCUT2D eigenvalue weighted by Crippen LogP contribution is -2.12. The topological polar surface area (TPSA) is 124 Å². The number of fused-ring (bicyclic) bond motifs is 2. The normalized spacial score (nSPS) is 11.1. The fourth-order valence-electron chi connectivity index (χ4n) is 9.11. The van der Waals surface area contributed by atoms with Crippen LogP contribution in [-0.2, 0) is 0 Å². The zero-order chi connectivity index (χ0) is 54.9. The van der Waals surface area contributed by atoms with Gasteiger partial charge in [0.05, 0.1) is 35.5 Å². The minimum atomic E-state index is -0.971. The first-order valence-corrected chi connectivity index (χ1v) is 28.0. The molecule has 0 aliphatic heterocycles. The van der Waals surface area contributed by atoms with Crippen LogP contribution in [0.3, 0.4) is 0 Å². The summed E-state index contributed by atoms with van der Waals surface area (Å²) < 4.78 is 64.1. The Morgan fingerprint density at radius 2 is 0.641 bits per heavy atom. The second-order valence-corrected chi connectivity index (χ2v) is 19.8. The lowest BCUT2D eigenvalue weighted by Gasteiger charge is -2.10. The molecule has 0 spiro atoms. The number of rotatable bonds is 32. The standard InChI is InChI=1S/C66H72F2O10/c1-3-5-7-9-11-13-15-17-19-21-38-73-55-34-30-47-40-51(28-26-49(47)42-55)65(71)77-61-36-32-53(44-59(61)67)63(69)75-57-24-23-25-58(46-57)76-64(70)54-33-37-62(60(68)45-54)78-66(72)52-29-27-50-43-56(35-31-48(50)41-52)74-39-22-20-18-16-14-12-10-8-6-4-2/h23-37,40-46H,3-22,38-39H2,1-2H3. The third-order valence-corrected chi connectivity index (χ3v) is 13.6. The van der Waals surface area contributed by atoms with E-state index in [9.17, 15) is 19.2 Å². The Kier molecular flexibility index (Phi) is 23.1. The molecular formula is C66H72F2O10. The maximum atomic E-state index is 15.3. The van der Waals surface area contributed by atoms with Gasteiger partial charge in [0.2, 0.25) is 0 Å². The van der Waals surface area contributed by atoms with Gasteiger partial charge in [0, 0.05) is 6.07 Å². The lowest BCUT2D eigenvalue weighted by atomic mass is 10.1. The van der Waals surface area contributed by atoms with Gasteiger partial charge in [0.25, 0.3) is 0 Å². The van der Waals surface area contributed by atoms with E-state index >= 15 is 8.78 Å². The lowest BCUT2D eigenvalue weighted by molar-refractivity contribution is 0.0716. The number of hydrogen-bond donors (Lipinski definition) is 0. The molecule has 0 saturated carbocycles. The molecule has 0 aliphatic carbocycles. The fraction of sp³-hybridized carbons (Fsp3) is 0.364. The number of hydrogen-bond acceptors (Lipinski definition) is 10. The number of ether oxygens (including phenoxy) is 6. The molecule has 12 heteroatoms. The molecule has 0 fully saturated rings. The van der Waals surface area contributed by atoms with Gasteiger partial charge in [-0.15, -0.1) is 0 Å². The van der Waals surface area contributed by atoms with E-state index in [0.717, 1.165) is 83.0 Å². The predicted octanol–water partition coefficient (Wildman–Crippen LogP) is 17.7. The summed E-state index contributed by atoms with van der Waals surface area (Å²) in [5.41, 5.74) is 0.0506. The summed E-state index contributed by atoms with van der Waals surface area (Å²) in [4.78, 5) is 52.4. The quantitative estimate of drug-likeness (QED) is 0.0229. The monoisotopic (exact) mass is 1060 g/mol. The molecule has 0 aliphatic rings. The Balaban J connectivity index is 0.832. The molecule has 0 aromatic heterocycles. The van der Waals surface area contributed by atoms with Crippen molar-refractivity contribution in [3.8, 4) is 34.5 Å². The number of halogens is 2. The van der Waals surface area contributed by atoms with E-state index in [1.165, 1.54) is 139 Å². The van der Waals surface area contributed by atoms with Crippen molar-refractivity contribution in [1.82, 2.24) is 0 Å². The molecule has 0 unspecified atom stereocenters. The molecule has 10 nitrogen and oxygen atoms in total. The van der Waals surface area contributed by atoms with Gasteiger partial charge in [-0.3, -0.25) is 0 Å². The number of carbonyl (C=O) groups excluding carboxylic acids is 4. The third kappa shape index (κ3) is 18.3. The van der Waals surface area contributed by atoms with E-state index in [2.05, 4.69) is 13.8 Å². The molecule has 0 radical (unpaired) electrons. The SMILES string of the molecule is CCCCCCCCCCCCOc1ccc2cc(C(=O)Oc3ccc(C(=O)Oc4cccc(OC(=O)c5ccc(OC(=O)c6ccc7cc(OCCCCCCCCCCCC)ccc7c6)c(F)c5)c4)cc3F)ccc2c1. The summed E-state index contributed by atoms with van der Waals surface area (Å²) in [5.74, 6) is -4.76. The molecule has 0 atom stereocenters. The van der Waals surface area contributed by atoms with Gasteiger partial charge >= 0.3 is 23.9 Å². The van der Waals surface area contributed by atoms with Crippen molar-refractivity contribution < 1.29 is 56.4 Å². The van der Waals surface area contributed by atoms with E-state index in [1.54, 1.807) is 36.4 Å². The minimum absolute atomic E-state index is 0.0409. The molecule has 410 valence electrons. The summed E-state index contributed by atoms with van der Waals surface area (Å²) in [6, 6.07) is 33.4. The Morgan fingerprint density at radius 3 is 1.03 bits per heavy atom. The molecular weight excluding hydrogens is 991 g/mol. The van der Waals surface area contributed by atoms with Crippen LogP contribution in [0.2, 0.25) is 0 Å². The molecule has 0 saturated heterocycles. The number of esters is 4. The smallest absolute Gasteiger partial charge is 0.343 e. The third-order valence-electron chi connectivity index (χ3n) is 13.6. The van der Waals surface area contributed by atoms with Crippen molar-refractivity contribution in [3.05, 3.63) is 167 Å². The van der Waals surface area contributed by atoms with Crippen LogP contribution < -0.4 is 28.4 Å². The maximum Gasteiger partial charge on any atom is 0.343 e. The second kappa shape index (κ2) is 31.0. The first-order chi connectivity index (χ1) is 38.1. The average molecular weight is 1060 g/mol. The van der Waals surface area contributed by atoms with Gasteiger partial charge in [-0.1, -0.05) is 160 Å². The van der Waals surface area contributed by atoms with Crippen LogP contribution in [0.4, 0.5) is 8.78 Å². The Bertz CT molecular complexity index is 2890.